The van der Waals surface area contributed by atoms with E-state index in [2.05, 4.69) is 10.0 Å². The topological polar surface area (TPSA) is 93.7 Å². The number of carbonyl (C=O) groups excluding carboxylic acids is 1. The minimum absolute atomic E-state index is 0.125. The molecule has 0 saturated heterocycles. The van der Waals surface area contributed by atoms with Gasteiger partial charge in [-0.15, -0.1) is 0 Å². The predicted molar refractivity (Wildman–Crippen MR) is 129 cm³/mol. The fourth-order valence-corrected chi connectivity index (χ4v) is 4.25. The molecule has 0 spiro atoms. The van der Waals surface area contributed by atoms with Crippen LogP contribution in [-0.2, 0) is 10.0 Å². The van der Waals surface area contributed by atoms with Crippen LogP contribution in [0.2, 0.25) is 5.02 Å². The number of benzene rings is 3. The van der Waals surface area contributed by atoms with Crippen molar-refractivity contribution in [2.75, 3.05) is 18.4 Å². The fraction of sp³-hybridized carbons (Fsp3) is 0.208. The van der Waals surface area contributed by atoms with Crippen molar-refractivity contribution in [3.63, 3.8) is 0 Å². The first-order valence-corrected chi connectivity index (χ1v) is 12.0. The van der Waals surface area contributed by atoms with Gasteiger partial charge in [0.05, 0.1) is 34.3 Å². The normalized spacial score (nSPS) is 12.0. The summed E-state index contributed by atoms with van der Waals surface area (Å²) in [5.74, 6) is 0.988. The van der Waals surface area contributed by atoms with Crippen LogP contribution in [0.25, 0.3) is 0 Å². The quantitative estimate of drug-likeness (QED) is 0.457. The summed E-state index contributed by atoms with van der Waals surface area (Å²) in [4.78, 5) is 12.8. The van der Waals surface area contributed by atoms with Gasteiger partial charge in [-0.1, -0.05) is 29.3 Å². The third-order valence-electron chi connectivity index (χ3n) is 4.73. The molecule has 9 heteroatoms. The van der Waals surface area contributed by atoms with Gasteiger partial charge in [0, 0.05) is 0 Å². The van der Waals surface area contributed by atoms with Crippen LogP contribution in [0, 0.1) is 6.92 Å². The maximum absolute atomic E-state index is 12.6. The molecule has 2 N–H and O–H groups in total. The first-order valence-electron chi connectivity index (χ1n) is 10.1. The molecule has 33 heavy (non-hydrogen) atoms. The smallest absolute Gasteiger partial charge is 0.261 e. The Kier molecular flexibility index (Phi) is 7.84. The summed E-state index contributed by atoms with van der Waals surface area (Å²) in [6.07, 6.45) is 0. The number of ether oxygens (including phenoxy) is 2. The first kappa shape index (κ1) is 24.4. The molecule has 0 saturated carbocycles. The number of aryl methyl sites for hydroxylation is 1. The average Bonchev–Trinajstić information content (AvgIpc) is 2.78. The number of sulfonamides is 1. The molecule has 0 aliphatic carbocycles. The van der Waals surface area contributed by atoms with Gasteiger partial charge in [-0.2, -0.15) is 0 Å². The molecule has 3 aromatic rings. The highest BCUT2D eigenvalue weighted by molar-refractivity contribution is 7.92. The Morgan fingerprint density at radius 3 is 2.24 bits per heavy atom. The summed E-state index contributed by atoms with van der Waals surface area (Å²) in [5.41, 5.74) is 1.44. The van der Waals surface area contributed by atoms with Gasteiger partial charge in [0.1, 0.15) is 18.1 Å². The van der Waals surface area contributed by atoms with Gasteiger partial charge >= 0.3 is 0 Å². The number of amides is 1. The number of carbonyl (C=O) groups is 1. The Labute approximate surface area is 198 Å². The maximum atomic E-state index is 12.6. The Hall–Kier alpha value is -3.23. The molecule has 1 atom stereocenters. The van der Waals surface area contributed by atoms with Crippen molar-refractivity contribution in [1.82, 2.24) is 5.32 Å². The highest BCUT2D eigenvalue weighted by Gasteiger charge is 2.17. The van der Waals surface area contributed by atoms with Crippen molar-refractivity contribution >= 4 is 33.2 Å². The lowest BCUT2D eigenvalue weighted by molar-refractivity contribution is 0.0927. The monoisotopic (exact) mass is 488 g/mol. The van der Waals surface area contributed by atoms with E-state index < -0.39 is 15.9 Å². The zero-order valence-electron chi connectivity index (χ0n) is 18.5. The number of hydrogen-bond acceptors (Lipinski definition) is 5. The van der Waals surface area contributed by atoms with E-state index in [0.717, 1.165) is 11.3 Å². The molecule has 0 radical (unpaired) electrons. The van der Waals surface area contributed by atoms with Crippen molar-refractivity contribution in [2.24, 2.45) is 0 Å². The molecular weight excluding hydrogens is 464 g/mol. The summed E-state index contributed by atoms with van der Waals surface area (Å²) in [6, 6.07) is 17.7. The van der Waals surface area contributed by atoms with Gasteiger partial charge < -0.3 is 14.8 Å². The Morgan fingerprint density at radius 1 is 1.00 bits per heavy atom. The SMILES string of the molecule is COc1ccc(OC[C@H](C)NC(=O)c2ccc(NS(=O)(=O)c3ccc(C)cc3)cc2Cl)cc1. The van der Waals surface area contributed by atoms with Crippen molar-refractivity contribution in [2.45, 2.75) is 24.8 Å². The van der Waals surface area contributed by atoms with Crippen LogP contribution in [0.5, 0.6) is 11.5 Å². The number of halogens is 1. The number of nitrogens with one attached hydrogen (secondary N) is 2. The van der Waals surface area contributed by atoms with E-state index in [1.165, 1.54) is 30.3 Å². The van der Waals surface area contributed by atoms with E-state index in [1.54, 1.807) is 50.4 Å². The predicted octanol–water partition coefficient (Wildman–Crippen LogP) is 4.66. The zero-order valence-corrected chi connectivity index (χ0v) is 20.0. The molecule has 7 nitrogen and oxygen atoms in total. The summed E-state index contributed by atoms with van der Waals surface area (Å²) in [5, 5.41) is 2.94. The molecule has 3 rings (SSSR count). The molecule has 174 valence electrons. The van der Waals surface area contributed by atoms with Crippen molar-refractivity contribution in [3.05, 3.63) is 82.9 Å². The molecule has 0 aromatic heterocycles. The second-order valence-corrected chi connectivity index (χ2v) is 9.56. The highest BCUT2D eigenvalue weighted by Crippen LogP contribution is 2.24. The zero-order chi connectivity index (χ0) is 24.0. The van der Waals surface area contributed by atoms with Gasteiger partial charge in [-0.3, -0.25) is 9.52 Å². The van der Waals surface area contributed by atoms with Gasteiger partial charge in [-0.25, -0.2) is 8.42 Å². The minimum Gasteiger partial charge on any atom is -0.497 e. The molecule has 3 aromatic carbocycles. The van der Waals surface area contributed by atoms with E-state index >= 15 is 0 Å². The summed E-state index contributed by atoms with van der Waals surface area (Å²) < 4.78 is 38.4. The number of methoxy groups -OCH3 is 1. The van der Waals surface area contributed by atoms with Gasteiger partial charge in [0.2, 0.25) is 0 Å². The third kappa shape index (κ3) is 6.63. The second kappa shape index (κ2) is 10.6. The molecule has 1 amide bonds. The average molecular weight is 489 g/mol. The van der Waals surface area contributed by atoms with Crippen molar-refractivity contribution < 1.29 is 22.7 Å². The largest absolute Gasteiger partial charge is 0.497 e. The van der Waals surface area contributed by atoms with E-state index in [1.807, 2.05) is 6.92 Å². The second-order valence-electron chi connectivity index (χ2n) is 7.47. The van der Waals surface area contributed by atoms with E-state index in [9.17, 15) is 13.2 Å². The molecule has 0 bridgehead atoms. The molecule has 0 heterocycles. The van der Waals surface area contributed by atoms with Crippen LogP contribution in [0.3, 0.4) is 0 Å². The maximum Gasteiger partial charge on any atom is 0.261 e. The van der Waals surface area contributed by atoms with Crippen LogP contribution < -0.4 is 19.5 Å². The molecule has 0 fully saturated rings. The number of hydrogen-bond donors (Lipinski definition) is 2. The van der Waals surface area contributed by atoms with Crippen LogP contribution in [0.15, 0.2) is 71.6 Å². The third-order valence-corrected chi connectivity index (χ3v) is 6.44. The standard InChI is InChI=1S/C24H25ClN2O5S/c1-16-4-11-21(12-5-16)33(29,30)27-18-6-13-22(23(25)14-18)24(28)26-17(2)15-32-20-9-7-19(31-3)8-10-20/h4-14,17,27H,15H2,1-3H3,(H,26,28)/t17-/m0/s1. The van der Waals surface area contributed by atoms with Crippen LogP contribution in [-0.4, -0.2) is 34.1 Å². The Balaban J connectivity index is 1.60. The van der Waals surface area contributed by atoms with E-state index in [-0.39, 0.29) is 33.8 Å². The molecular formula is C24H25ClN2O5S. The van der Waals surface area contributed by atoms with Gasteiger partial charge in [0.15, 0.2) is 0 Å². The molecule has 0 aliphatic rings. The summed E-state index contributed by atoms with van der Waals surface area (Å²) in [7, 11) is -2.18. The van der Waals surface area contributed by atoms with Crippen LogP contribution in [0.1, 0.15) is 22.8 Å². The number of rotatable bonds is 9. The first-order chi connectivity index (χ1) is 15.7. The van der Waals surface area contributed by atoms with Crippen molar-refractivity contribution in [1.29, 1.82) is 0 Å². The van der Waals surface area contributed by atoms with E-state index in [4.69, 9.17) is 21.1 Å². The Bertz CT molecular complexity index is 1210. The highest BCUT2D eigenvalue weighted by atomic mass is 35.5. The Morgan fingerprint density at radius 2 is 1.64 bits per heavy atom. The molecule has 0 unspecified atom stereocenters. The lowest BCUT2D eigenvalue weighted by Crippen LogP contribution is -2.36. The van der Waals surface area contributed by atoms with Crippen LogP contribution in [0.4, 0.5) is 5.69 Å². The molecule has 0 aliphatic heterocycles. The lowest BCUT2D eigenvalue weighted by atomic mass is 10.2. The van der Waals surface area contributed by atoms with Crippen LogP contribution >= 0.6 is 11.6 Å². The summed E-state index contributed by atoms with van der Waals surface area (Å²) in [6.45, 7) is 3.93. The fourth-order valence-electron chi connectivity index (χ4n) is 2.93. The van der Waals surface area contributed by atoms with Crippen molar-refractivity contribution in [3.8, 4) is 11.5 Å². The summed E-state index contributed by atoms with van der Waals surface area (Å²) >= 11 is 6.27. The van der Waals surface area contributed by atoms with Gasteiger partial charge in [0.25, 0.3) is 15.9 Å². The van der Waals surface area contributed by atoms with Gasteiger partial charge in [-0.05, 0) is 68.4 Å². The van der Waals surface area contributed by atoms with E-state index in [0.29, 0.717) is 5.75 Å². The number of anilines is 1. The lowest BCUT2D eigenvalue weighted by Gasteiger charge is -2.16. The minimum atomic E-state index is -3.77.